The van der Waals surface area contributed by atoms with Gasteiger partial charge in [0.15, 0.2) is 0 Å². The highest BCUT2D eigenvalue weighted by Gasteiger charge is 2.11. The summed E-state index contributed by atoms with van der Waals surface area (Å²) in [5.74, 6) is -0.172. The maximum Gasteiger partial charge on any atom is 0.274 e. The Morgan fingerprint density at radius 1 is 1.09 bits per heavy atom. The molecule has 1 aliphatic rings. The number of aryl methyl sites for hydroxylation is 1. The van der Waals surface area contributed by atoms with Crippen molar-refractivity contribution >= 4 is 17.3 Å². The Balaban J connectivity index is 1.66. The number of benzene rings is 1. The second-order valence-electron chi connectivity index (χ2n) is 5.77. The van der Waals surface area contributed by atoms with Gasteiger partial charge in [-0.2, -0.15) is 0 Å². The van der Waals surface area contributed by atoms with Gasteiger partial charge in [-0.3, -0.25) is 9.78 Å². The third-order valence-corrected chi connectivity index (χ3v) is 3.99. The number of aromatic nitrogens is 1. The number of carbonyl (C=O) groups is 1. The fourth-order valence-corrected chi connectivity index (χ4v) is 2.76. The molecule has 22 heavy (non-hydrogen) atoms. The maximum atomic E-state index is 12.2. The molecule has 2 heterocycles. The van der Waals surface area contributed by atoms with Gasteiger partial charge in [-0.05, 0) is 68.1 Å². The molecule has 0 bridgehead atoms. The largest absolute Gasteiger partial charge is 0.372 e. The van der Waals surface area contributed by atoms with Crippen LogP contribution in [0.5, 0.6) is 0 Å². The van der Waals surface area contributed by atoms with Gasteiger partial charge in [0.25, 0.3) is 5.91 Å². The average molecular weight is 295 g/mol. The standard InChI is InChI=1S/C18H21N3O/c1-14-9-10-19-17(13-14)18(22)20-15-5-7-16(8-6-15)21-11-3-2-4-12-21/h5-10,13H,2-4,11-12H2,1H3,(H,20,22). The fraction of sp³-hybridized carbons (Fsp3) is 0.333. The molecule has 0 unspecified atom stereocenters. The number of rotatable bonds is 3. The van der Waals surface area contributed by atoms with E-state index >= 15 is 0 Å². The van der Waals surface area contributed by atoms with Gasteiger partial charge in [0.05, 0.1) is 0 Å². The van der Waals surface area contributed by atoms with Crippen LogP contribution in [-0.4, -0.2) is 24.0 Å². The number of amides is 1. The van der Waals surface area contributed by atoms with E-state index in [1.54, 1.807) is 12.3 Å². The predicted molar refractivity (Wildman–Crippen MR) is 89.4 cm³/mol. The molecule has 3 rings (SSSR count). The lowest BCUT2D eigenvalue weighted by Crippen LogP contribution is -2.29. The molecule has 4 nitrogen and oxygen atoms in total. The van der Waals surface area contributed by atoms with E-state index in [1.165, 1.54) is 24.9 Å². The number of carbonyl (C=O) groups excluding carboxylic acids is 1. The van der Waals surface area contributed by atoms with Crippen LogP contribution in [0.2, 0.25) is 0 Å². The van der Waals surface area contributed by atoms with E-state index in [1.807, 2.05) is 25.1 Å². The Labute approximate surface area is 131 Å². The van der Waals surface area contributed by atoms with E-state index in [-0.39, 0.29) is 5.91 Å². The number of hydrogen-bond acceptors (Lipinski definition) is 3. The molecule has 0 aliphatic carbocycles. The summed E-state index contributed by atoms with van der Waals surface area (Å²) >= 11 is 0. The Hall–Kier alpha value is -2.36. The first-order valence-corrected chi connectivity index (χ1v) is 7.81. The number of nitrogens with zero attached hydrogens (tertiary/aromatic N) is 2. The molecule has 1 fully saturated rings. The molecule has 1 aliphatic heterocycles. The highest BCUT2D eigenvalue weighted by Crippen LogP contribution is 2.22. The molecule has 1 N–H and O–H groups in total. The van der Waals surface area contributed by atoms with Crippen molar-refractivity contribution in [2.45, 2.75) is 26.2 Å². The first-order chi connectivity index (χ1) is 10.7. The molecule has 1 aromatic heterocycles. The first-order valence-electron chi connectivity index (χ1n) is 7.81. The van der Waals surface area contributed by atoms with Crippen molar-refractivity contribution in [3.05, 3.63) is 53.9 Å². The summed E-state index contributed by atoms with van der Waals surface area (Å²) in [6, 6.07) is 11.7. The van der Waals surface area contributed by atoms with Gasteiger partial charge >= 0.3 is 0 Å². The zero-order chi connectivity index (χ0) is 15.4. The minimum Gasteiger partial charge on any atom is -0.372 e. The van der Waals surface area contributed by atoms with Gasteiger partial charge in [-0.1, -0.05) is 0 Å². The van der Waals surface area contributed by atoms with Crippen LogP contribution in [0, 0.1) is 6.92 Å². The number of nitrogens with one attached hydrogen (secondary N) is 1. The first kappa shape index (κ1) is 14.6. The van der Waals surface area contributed by atoms with Crippen LogP contribution >= 0.6 is 0 Å². The van der Waals surface area contributed by atoms with Gasteiger partial charge in [0.2, 0.25) is 0 Å². The average Bonchev–Trinajstić information content (AvgIpc) is 2.56. The van der Waals surface area contributed by atoms with Crippen LogP contribution in [0.4, 0.5) is 11.4 Å². The molecular weight excluding hydrogens is 274 g/mol. The van der Waals surface area contributed by atoms with Crippen molar-refractivity contribution in [1.82, 2.24) is 4.98 Å². The van der Waals surface area contributed by atoms with Gasteiger partial charge in [-0.25, -0.2) is 0 Å². The summed E-state index contributed by atoms with van der Waals surface area (Å²) in [7, 11) is 0. The minimum atomic E-state index is -0.172. The molecule has 114 valence electrons. The monoisotopic (exact) mass is 295 g/mol. The van der Waals surface area contributed by atoms with Gasteiger partial charge in [0, 0.05) is 30.7 Å². The fourth-order valence-electron chi connectivity index (χ4n) is 2.76. The lowest BCUT2D eigenvalue weighted by molar-refractivity contribution is 0.102. The molecule has 0 radical (unpaired) electrons. The topological polar surface area (TPSA) is 45.2 Å². The number of piperidine rings is 1. The normalized spacial score (nSPS) is 14.7. The van der Waals surface area contributed by atoms with Crippen LogP contribution in [0.3, 0.4) is 0 Å². The van der Waals surface area contributed by atoms with E-state index in [9.17, 15) is 4.79 Å². The summed E-state index contributed by atoms with van der Waals surface area (Å²) in [6.45, 7) is 4.20. The van der Waals surface area contributed by atoms with Crippen molar-refractivity contribution in [3.8, 4) is 0 Å². The predicted octanol–water partition coefficient (Wildman–Crippen LogP) is 3.63. The van der Waals surface area contributed by atoms with Crippen molar-refractivity contribution in [2.75, 3.05) is 23.3 Å². The molecule has 4 heteroatoms. The number of hydrogen-bond donors (Lipinski definition) is 1. The quantitative estimate of drug-likeness (QED) is 0.940. The molecule has 1 amide bonds. The maximum absolute atomic E-state index is 12.2. The van der Waals surface area contributed by atoms with Crippen LogP contribution in [0.25, 0.3) is 0 Å². The van der Waals surface area contributed by atoms with Crippen molar-refractivity contribution in [2.24, 2.45) is 0 Å². The summed E-state index contributed by atoms with van der Waals surface area (Å²) in [6.07, 6.45) is 5.51. The van der Waals surface area contributed by atoms with E-state index in [2.05, 4.69) is 27.3 Å². The summed E-state index contributed by atoms with van der Waals surface area (Å²) in [4.78, 5) is 18.7. The van der Waals surface area contributed by atoms with Crippen molar-refractivity contribution in [3.63, 3.8) is 0 Å². The molecular formula is C18H21N3O. The molecule has 1 saturated heterocycles. The van der Waals surface area contributed by atoms with Crippen molar-refractivity contribution in [1.29, 1.82) is 0 Å². The van der Waals surface area contributed by atoms with Crippen LogP contribution in [0.15, 0.2) is 42.6 Å². The van der Waals surface area contributed by atoms with Crippen LogP contribution in [-0.2, 0) is 0 Å². The minimum absolute atomic E-state index is 0.172. The summed E-state index contributed by atoms with van der Waals surface area (Å²) in [5, 5.41) is 2.90. The Kier molecular flexibility index (Phi) is 4.37. The molecule has 2 aromatic rings. The SMILES string of the molecule is Cc1ccnc(C(=O)Nc2ccc(N3CCCCC3)cc2)c1. The Morgan fingerprint density at radius 2 is 1.82 bits per heavy atom. The summed E-state index contributed by atoms with van der Waals surface area (Å²) in [5.41, 5.74) is 3.50. The van der Waals surface area contributed by atoms with Gasteiger partial charge in [0.1, 0.15) is 5.69 Å². The zero-order valence-electron chi connectivity index (χ0n) is 12.9. The highest BCUT2D eigenvalue weighted by molar-refractivity contribution is 6.03. The van der Waals surface area contributed by atoms with Crippen LogP contribution < -0.4 is 10.2 Å². The number of pyridine rings is 1. The van der Waals surface area contributed by atoms with E-state index < -0.39 is 0 Å². The second-order valence-corrected chi connectivity index (χ2v) is 5.77. The third kappa shape index (κ3) is 3.45. The smallest absolute Gasteiger partial charge is 0.274 e. The van der Waals surface area contributed by atoms with Gasteiger partial charge < -0.3 is 10.2 Å². The molecule has 0 saturated carbocycles. The Morgan fingerprint density at radius 3 is 2.50 bits per heavy atom. The molecule has 1 aromatic carbocycles. The third-order valence-electron chi connectivity index (χ3n) is 3.99. The highest BCUT2D eigenvalue weighted by atomic mass is 16.1. The van der Waals surface area contributed by atoms with E-state index in [4.69, 9.17) is 0 Å². The molecule has 0 atom stereocenters. The van der Waals surface area contributed by atoms with Crippen molar-refractivity contribution < 1.29 is 4.79 Å². The lowest BCUT2D eigenvalue weighted by Gasteiger charge is -2.28. The lowest BCUT2D eigenvalue weighted by atomic mass is 10.1. The Bertz CT molecular complexity index is 646. The van der Waals surface area contributed by atoms with Gasteiger partial charge in [-0.15, -0.1) is 0 Å². The van der Waals surface area contributed by atoms with E-state index in [0.29, 0.717) is 5.69 Å². The zero-order valence-corrected chi connectivity index (χ0v) is 12.9. The van der Waals surface area contributed by atoms with E-state index in [0.717, 1.165) is 24.3 Å². The summed E-state index contributed by atoms with van der Waals surface area (Å²) < 4.78 is 0. The van der Waals surface area contributed by atoms with Crippen LogP contribution in [0.1, 0.15) is 35.3 Å². The second kappa shape index (κ2) is 6.60. The number of anilines is 2. The molecule has 0 spiro atoms.